The van der Waals surface area contributed by atoms with Crippen molar-refractivity contribution in [2.45, 2.75) is 24.6 Å². The van der Waals surface area contributed by atoms with Gasteiger partial charge in [-0.25, -0.2) is 13.1 Å². The van der Waals surface area contributed by atoms with Crippen molar-refractivity contribution in [2.75, 3.05) is 26.8 Å². The highest BCUT2D eigenvalue weighted by Gasteiger charge is 2.15. The molecule has 0 aliphatic rings. The molecule has 1 rings (SSSR count). The Morgan fingerprint density at radius 2 is 2.11 bits per heavy atom. The Kier molecular flexibility index (Phi) is 6.95. The normalized spacial score (nSPS) is 12.2. The molecule has 0 aliphatic heterocycles. The van der Waals surface area contributed by atoms with Crippen LogP contribution in [0.3, 0.4) is 0 Å². The zero-order chi connectivity index (χ0) is 14.3. The van der Waals surface area contributed by atoms with Crippen LogP contribution in [0.15, 0.2) is 16.3 Å². The molecular weight excluding hydrogens is 284 g/mol. The van der Waals surface area contributed by atoms with Gasteiger partial charge >= 0.3 is 0 Å². The quantitative estimate of drug-likeness (QED) is 0.677. The van der Waals surface area contributed by atoms with Gasteiger partial charge in [-0.3, -0.25) is 0 Å². The van der Waals surface area contributed by atoms with E-state index < -0.39 is 10.0 Å². The van der Waals surface area contributed by atoms with Crippen LogP contribution in [0.5, 0.6) is 0 Å². The highest BCUT2D eigenvalue weighted by molar-refractivity contribution is 7.91. The van der Waals surface area contributed by atoms with Crippen molar-refractivity contribution < 1.29 is 13.2 Å². The molecule has 0 amide bonds. The van der Waals surface area contributed by atoms with E-state index in [-0.39, 0.29) is 0 Å². The first-order valence-corrected chi connectivity index (χ1v) is 8.56. The van der Waals surface area contributed by atoms with Crippen molar-refractivity contribution in [3.63, 3.8) is 0 Å². The number of hydrogen-bond acceptors (Lipinski definition) is 5. The van der Waals surface area contributed by atoms with Crippen LogP contribution in [0.25, 0.3) is 0 Å². The molecule has 0 aromatic carbocycles. The Labute approximate surface area is 119 Å². The summed E-state index contributed by atoms with van der Waals surface area (Å²) in [7, 11) is -1.57. The molecule has 0 saturated heterocycles. The van der Waals surface area contributed by atoms with E-state index in [1.807, 2.05) is 13.1 Å². The third-order valence-corrected chi connectivity index (χ3v) is 5.28. The molecule has 19 heavy (non-hydrogen) atoms. The first-order valence-electron chi connectivity index (χ1n) is 6.26. The molecule has 2 N–H and O–H groups in total. The molecule has 1 heterocycles. The topological polar surface area (TPSA) is 67.4 Å². The molecule has 0 saturated carbocycles. The van der Waals surface area contributed by atoms with Crippen LogP contribution < -0.4 is 10.0 Å². The number of rotatable bonds is 9. The zero-order valence-corrected chi connectivity index (χ0v) is 13.2. The predicted molar refractivity (Wildman–Crippen MR) is 77.9 cm³/mol. The lowest BCUT2D eigenvalue weighted by molar-refractivity contribution is 0.114. The molecule has 0 unspecified atom stereocenters. The van der Waals surface area contributed by atoms with Crippen LogP contribution in [0.2, 0.25) is 0 Å². The van der Waals surface area contributed by atoms with Crippen molar-refractivity contribution in [2.24, 2.45) is 5.92 Å². The zero-order valence-electron chi connectivity index (χ0n) is 11.6. The maximum Gasteiger partial charge on any atom is 0.250 e. The molecular formula is C12H22N2O3S2. The number of sulfonamides is 1. The molecule has 5 nitrogen and oxygen atoms in total. The Balaban J connectivity index is 2.42. The maximum absolute atomic E-state index is 12.0. The second-order valence-electron chi connectivity index (χ2n) is 4.62. The molecule has 0 atom stereocenters. The molecule has 0 fully saturated rings. The molecule has 0 spiro atoms. The summed E-state index contributed by atoms with van der Waals surface area (Å²) >= 11 is 1.28. The summed E-state index contributed by atoms with van der Waals surface area (Å²) in [5.74, 6) is 0.456. The smallest absolute Gasteiger partial charge is 0.250 e. The standard InChI is InChI=1S/C12H22N2O3S2/c1-10(2)9-17-7-6-14-19(15,16)12-5-4-11(18-12)8-13-3/h4-5,10,13-14H,6-9H2,1-3H3. The average molecular weight is 306 g/mol. The second kappa shape index (κ2) is 7.96. The molecule has 0 bridgehead atoms. The minimum absolute atomic E-state index is 0.300. The van der Waals surface area contributed by atoms with Gasteiger partial charge in [0, 0.05) is 24.6 Å². The van der Waals surface area contributed by atoms with Gasteiger partial charge in [-0.2, -0.15) is 0 Å². The fraction of sp³-hybridized carbons (Fsp3) is 0.667. The molecule has 1 aromatic heterocycles. The van der Waals surface area contributed by atoms with Crippen molar-refractivity contribution in [1.82, 2.24) is 10.0 Å². The Hall–Kier alpha value is -0.470. The van der Waals surface area contributed by atoms with Gasteiger partial charge < -0.3 is 10.1 Å². The summed E-state index contributed by atoms with van der Waals surface area (Å²) in [6.45, 7) is 6.13. The summed E-state index contributed by atoms with van der Waals surface area (Å²) in [5, 5.41) is 2.99. The van der Waals surface area contributed by atoms with Crippen molar-refractivity contribution in [3.8, 4) is 0 Å². The van der Waals surface area contributed by atoms with Gasteiger partial charge in [-0.15, -0.1) is 11.3 Å². The lowest BCUT2D eigenvalue weighted by Crippen LogP contribution is -2.27. The van der Waals surface area contributed by atoms with E-state index in [9.17, 15) is 8.42 Å². The molecule has 7 heteroatoms. The van der Waals surface area contributed by atoms with E-state index in [1.165, 1.54) is 11.3 Å². The summed E-state index contributed by atoms with van der Waals surface area (Å²) in [6.07, 6.45) is 0. The van der Waals surface area contributed by atoms with E-state index in [1.54, 1.807) is 6.07 Å². The SMILES string of the molecule is CNCc1ccc(S(=O)(=O)NCCOCC(C)C)s1. The summed E-state index contributed by atoms with van der Waals surface area (Å²) < 4.78 is 32.2. The number of hydrogen-bond donors (Lipinski definition) is 2. The molecule has 0 radical (unpaired) electrons. The van der Waals surface area contributed by atoms with Gasteiger partial charge in [-0.05, 0) is 25.1 Å². The van der Waals surface area contributed by atoms with E-state index in [2.05, 4.69) is 23.9 Å². The molecule has 1 aromatic rings. The predicted octanol–water partition coefficient (Wildman–Crippen LogP) is 1.42. The van der Waals surface area contributed by atoms with Gasteiger partial charge in [0.05, 0.1) is 6.61 Å². The summed E-state index contributed by atoms with van der Waals surface area (Å²) in [5.41, 5.74) is 0. The number of thiophene rings is 1. The van der Waals surface area contributed by atoms with Gasteiger partial charge in [0.15, 0.2) is 0 Å². The average Bonchev–Trinajstić information content (AvgIpc) is 2.78. The van der Waals surface area contributed by atoms with Crippen LogP contribution in [0.1, 0.15) is 18.7 Å². The summed E-state index contributed by atoms with van der Waals surface area (Å²) in [6, 6.07) is 3.46. The Bertz CT molecular complexity index is 469. The van der Waals surface area contributed by atoms with Crippen molar-refractivity contribution in [3.05, 3.63) is 17.0 Å². The Morgan fingerprint density at radius 1 is 1.37 bits per heavy atom. The fourth-order valence-corrected chi connectivity index (χ4v) is 3.84. The second-order valence-corrected chi connectivity index (χ2v) is 7.78. The lowest BCUT2D eigenvalue weighted by Gasteiger charge is -2.07. The largest absolute Gasteiger partial charge is 0.380 e. The maximum atomic E-state index is 12.0. The van der Waals surface area contributed by atoms with E-state index in [4.69, 9.17) is 4.74 Å². The minimum atomic E-state index is -3.40. The molecule has 0 aliphatic carbocycles. The van der Waals surface area contributed by atoms with Gasteiger partial charge in [0.2, 0.25) is 10.0 Å². The van der Waals surface area contributed by atoms with E-state index in [0.29, 0.717) is 36.4 Å². The fourth-order valence-electron chi connectivity index (χ4n) is 1.41. The first-order chi connectivity index (χ1) is 8.95. The lowest BCUT2D eigenvalue weighted by atomic mass is 10.2. The van der Waals surface area contributed by atoms with Crippen LogP contribution in [0.4, 0.5) is 0 Å². The Morgan fingerprint density at radius 3 is 2.74 bits per heavy atom. The number of ether oxygens (including phenoxy) is 1. The highest BCUT2D eigenvalue weighted by Crippen LogP contribution is 2.21. The summed E-state index contributed by atoms with van der Waals surface area (Å²) in [4.78, 5) is 0.999. The van der Waals surface area contributed by atoms with Crippen LogP contribution in [-0.2, 0) is 21.3 Å². The van der Waals surface area contributed by atoms with Gasteiger partial charge in [0.25, 0.3) is 0 Å². The third-order valence-electron chi connectivity index (χ3n) is 2.24. The van der Waals surface area contributed by atoms with Crippen LogP contribution in [0, 0.1) is 5.92 Å². The monoisotopic (exact) mass is 306 g/mol. The van der Waals surface area contributed by atoms with Gasteiger partial charge in [0.1, 0.15) is 4.21 Å². The van der Waals surface area contributed by atoms with E-state index >= 15 is 0 Å². The van der Waals surface area contributed by atoms with Crippen LogP contribution in [-0.4, -0.2) is 35.2 Å². The minimum Gasteiger partial charge on any atom is -0.380 e. The number of nitrogens with one attached hydrogen (secondary N) is 2. The van der Waals surface area contributed by atoms with Gasteiger partial charge in [-0.1, -0.05) is 13.8 Å². The van der Waals surface area contributed by atoms with E-state index in [0.717, 1.165) is 4.88 Å². The third kappa shape index (κ3) is 6.01. The molecule has 110 valence electrons. The highest BCUT2D eigenvalue weighted by atomic mass is 32.2. The van der Waals surface area contributed by atoms with Crippen LogP contribution >= 0.6 is 11.3 Å². The van der Waals surface area contributed by atoms with Crippen molar-refractivity contribution in [1.29, 1.82) is 0 Å². The first kappa shape index (κ1) is 16.6. The van der Waals surface area contributed by atoms with Crippen molar-refractivity contribution >= 4 is 21.4 Å².